The fourth-order valence-electron chi connectivity index (χ4n) is 2.88. The van der Waals surface area contributed by atoms with Gasteiger partial charge in [-0.3, -0.25) is 15.1 Å². The molecule has 0 atom stereocenters. The number of aromatic nitrogens is 4. The van der Waals surface area contributed by atoms with Gasteiger partial charge in [-0.2, -0.15) is 13.2 Å². The summed E-state index contributed by atoms with van der Waals surface area (Å²) >= 11 is 0. The van der Waals surface area contributed by atoms with Gasteiger partial charge in [0.25, 0.3) is 5.69 Å². The molecule has 0 aliphatic rings. The second kappa shape index (κ2) is 9.46. The van der Waals surface area contributed by atoms with Crippen LogP contribution in [0.1, 0.15) is 5.56 Å². The third-order valence-corrected chi connectivity index (χ3v) is 4.50. The summed E-state index contributed by atoms with van der Waals surface area (Å²) < 4.78 is 38.9. The zero-order chi connectivity index (χ0) is 25.0. The molecule has 0 saturated heterocycles. The van der Waals surface area contributed by atoms with E-state index < -0.39 is 28.0 Å². The molecule has 11 nitrogen and oxygen atoms in total. The lowest BCUT2D eigenvalue weighted by molar-refractivity contribution is -0.384. The first-order chi connectivity index (χ1) is 16.7. The number of nitrogens with two attached hydrogens (primary N) is 1. The molecule has 0 radical (unpaired) electrons. The van der Waals surface area contributed by atoms with E-state index in [4.69, 9.17) is 5.73 Å². The molecule has 4 aromatic rings. The van der Waals surface area contributed by atoms with Gasteiger partial charge in [-0.25, -0.2) is 15.0 Å². The molecule has 2 aromatic heterocycles. The summed E-state index contributed by atoms with van der Waals surface area (Å²) in [6.07, 6.45) is -0.429. The Morgan fingerprint density at radius 1 is 1.03 bits per heavy atom. The van der Waals surface area contributed by atoms with Gasteiger partial charge in [0.1, 0.15) is 5.69 Å². The highest BCUT2D eigenvalue weighted by Crippen LogP contribution is 2.38. The molecule has 0 aliphatic heterocycles. The summed E-state index contributed by atoms with van der Waals surface area (Å²) in [7, 11) is 0. The maximum Gasteiger partial charge on any atom is 0.416 e. The average Bonchev–Trinajstić information content (AvgIpc) is 2.84. The number of alkyl halides is 3. The molecule has 0 saturated carbocycles. The third kappa shape index (κ3) is 5.32. The Morgan fingerprint density at radius 3 is 2.46 bits per heavy atom. The largest absolute Gasteiger partial charge is 0.416 e. The highest BCUT2D eigenvalue weighted by molar-refractivity contribution is 5.78. The van der Waals surface area contributed by atoms with Crippen molar-refractivity contribution in [2.75, 3.05) is 11.1 Å². The van der Waals surface area contributed by atoms with E-state index >= 15 is 0 Å². The summed E-state index contributed by atoms with van der Waals surface area (Å²) in [4.78, 5) is 27.0. The van der Waals surface area contributed by atoms with E-state index in [0.29, 0.717) is 23.5 Å². The summed E-state index contributed by atoms with van der Waals surface area (Å²) in [6, 6.07) is 10.7. The van der Waals surface area contributed by atoms with Gasteiger partial charge < -0.3 is 11.1 Å². The van der Waals surface area contributed by atoms with E-state index in [-0.39, 0.29) is 23.1 Å². The average molecular weight is 481 g/mol. The van der Waals surface area contributed by atoms with Gasteiger partial charge in [-0.1, -0.05) is 18.2 Å². The lowest BCUT2D eigenvalue weighted by Gasteiger charge is -2.11. The summed E-state index contributed by atoms with van der Waals surface area (Å²) in [5.74, 6) is 0.0496. The number of nitro groups is 1. The van der Waals surface area contributed by atoms with Gasteiger partial charge in [0.05, 0.1) is 16.7 Å². The Labute approximate surface area is 194 Å². The van der Waals surface area contributed by atoms with E-state index in [1.54, 1.807) is 30.3 Å². The quantitative estimate of drug-likeness (QED) is 0.205. The Balaban J connectivity index is 1.80. The minimum Gasteiger partial charge on any atom is -0.382 e. The number of halogens is 3. The SMILES string of the molecule is Nc1nc(-c2cnccn2)nc(Nc2ccccc2)c1/N=N/c1ccc(C(F)(F)F)cc1[N+](=O)[O-]. The first-order valence-corrected chi connectivity index (χ1v) is 9.75. The maximum absolute atomic E-state index is 13.0. The fraction of sp³-hybridized carbons (Fsp3) is 0.0476. The Bertz CT molecular complexity index is 1400. The number of nitrogens with one attached hydrogen (secondary N) is 1. The first kappa shape index (κ1) is 23.2. The fourth-order valence-corrected chi connectivity index (χ4v) is 2.88. The highest BCUT2D eigenvalue weighted by atomic mass is 19.4. The second-order valence-electron chi connectivity index (χ2n) is 6.87. The van der Waals surface area contributed by atoms with Crippen molar-refractivity contribution in [3.63, 3.8) is 0 Å². The smallest absolute Gasteiger partial charge is 0.382 e. The lowest BCUT2D eigenvalue weighted by atomic mass is 10.1. The number of azo groups is 1. The van der Waals surface area contributed by atoms with Crippen molar-refractivity contribution < 1.29 is 18.1 Å². The number of nitro benzene ring substituents is 1. The first-order valence-electron chi connectivity index (χ1n) is 9.75. The number of hydrogen-bond acceptors (Lipinski definition) is 10. The Kier molecular flexibility index (Phi) is 6.26. The minimum atomic E-state index is -4.76. The molecule has 4 rings (SSSR count). The molecule has 176 valence electrons. The van der Waals surface area contributed by atoms with Crippen LogP contribution >= 0.6 is 0 Å². The number of rotatable bonds is 6. The molecular weight excluding hydrogens is 467 g/mol. The van der Waals surface area contributed by atoms with E-state index in [1.807, 2.05) is 0 Å². The monoisotopic (exact) mass is 481 g/mol. The predicted octanol–water partition coefficient (Wildman–Crippen LogP) is 5.60. The molecule has 2 heterocycles. The van der Waals surface area contributed by atoms with Gasteiger partial charge in [0.15, 0.2) is 28.8 Å². The van der Waals surface area contributed by atoms with Crippen molar-refractivity contribution in [2.45, 2.75) is 6.18 Å². The van der Waals surface area contributed by atoms with E-state index in [2.05, 4.69) is 35.5 Å². The molecule has 35 heavy (non-hydrogen) atoms. The van der Waals surface area contributed by atoms with E-state index in [0.717, 1.165) is 6.07 Å². The highest BCUT2D eigenvalue weighted by Gasteiger charge is 2.33. The zero-order valence-corrected chi connectivity index (χ0v) is 17.5. The molecule has 0 bridgehead atoms. The standard InChI is InChI=1S/C21H14F3N9O2/c22-21(23,24)12-6-7-14(16(10-12)33(34)35)31-32-17-18(25)29-19(15-11-26-8-9-27-15)30-20(17)28-13-4-2-1-3-5-13/h1-11H,(H3,25,28,29,30)/b32-31+. The van der Waals surface area contributed by atoms with Gasteiger partial charge in [0, 0.05) is 24.1 Å². The van der Waals surface area contributed by atoms with Gasteiger partial charge in [0.2, 0.25) is 0 Å². The van der Waals surface area contributed by atoms with Crippen LogP contribution in [0.15, 0.2) is 77.3 Å². The molecule has 0 fully saturated rings. The lowest BCUT2D eigenvalue weighted by Crippen LogP contribution is -2.05. The number of nitrogens with zero attached hydrogens (tertiary/aromatic N) is 7. The topological polar surface area (TPSA) is 157 Å². The number of nitrogen functional groups attached to an aromatic ring is 1. The molecule has 0 amide bonds. The number of benzene rings is 2. The van der Waals surface area contributed by atoms with Crippen molar-refractivity contribution in [3.8, 4) is 11.5 Å². The minimum absolute atomic E-state index is 0.0858. The molecule has 0 spiro atoms. The molecular formula is C21H14F3N9O2. The predicted molar refractivity (Wildman–Crippen MR) is 119 cm³/mol. The number of anilines is 3. The molecule has 14 heteroatoms. The second-order valence-corrected chi connectivity index (χ2v) is 6.87. The summed E-state index contributed by atoms with van der Waals surface area (Å²) in [5.41, 5.74) is 4.44. The van der Waals surface area contributed by atoms with Crippen LogP contribution in [0.2, 0.25) is 0 Å². The van der Waals surface area contributed by atoms with Crippen molar-refractivity contribution in [2.24, 2.45) is 10.2 Å². The zero-order valence-electron chi connectivity index (χ0n) is 17.5. The van der Waals surface area contributed by atoms with Crippen LogP contribution in [0.3, 0.4) is 0 Å². The number of hydrogen-bond donors (Lipinski definition) is 2. The van der Waals surface area contributed by atoms with Gasteiger partial charge in [-0.15, -0.1) is 10.2 Å². The van der Waals surface area contributed by atoms with Gasteiger partial charge in [-0.05, 0) is 24.3 Å². The Morgan fingerprint density at radius 2 is 1.80 bits per heavy atom. The van der Waals surface area contributed by atoms with Crippen LogP contribution in [0.4, 0.5) is 47.6 Å². The van der Waals surface area contributed by atoms with Crippen LogP contribution in [-0.2, 0) is 6.18 Å². The normalized spacial score (nSPS) is 11.5. The van der Waals surface area contributed by atoms with E-state index in [1.165, 1.54) is 18.6 Å². The Hall–Kier alpha value is -5.01. The molecule has 0 aliphatic carbocycles. The maximum atomic E-state index is 13.0. The third-order valence-electron chi connectivity index (χ3n) is 4.50. The van der Waals surface area contributed by atoms with Crippen LogP contribution in [0.5, 0.6) is 0 Å². The van der Waals surface area contributed by atoms with Crippen LogP contribution < -0.4 is 11.1 Å². The van der Waals surface area contributed by atoms with Crippen LogP contribution in [0.25, 0.3) is 11.5 Å². The van der Waals surface area contributed by atoms with Crippen LogP contribution in [0, 0.1) is 10.1 Å². The molecule has 0 unspecified atom stereocenters. The van der Waals surface area contributed by atoms with Gasteiger partial charge >= 0.3 is 6.18 Å². The van der Waals surface area contributed by atoms with Crippen molar-refractivity contribution in [1.29, 1.82) is 0 Å². The van der Waals surface area contributed by atoms with Crippen molar-refractivity contribution in [1.82, 2.24) is 19.9 Å². The van der Waals surface area contributed by atoms with Crippen molar-refractivity contribution in [3.05, 3.63) is 82.8 Å². The summed E-state index contributed by atoms with van der Waals surface area (Å²) in [6.45, 7) is 0. The van der Waals surface area contributed by atoms with E-state index in [9.17, 15) is 23.3 Å². The number of para-hydroxylation sites is 1. The van der Waals surface area contributed by atoms with Crippen molar-refractivity contribution >= 4 is 34.4 Å². The summed E-state index contributed by atoms with van der Waals surface area (Å²) in [5, 5.41) is 22.1. The molecule has 3 N–H and O–H groups in total. The molecule has 2 aromatic carbocycles. The van der Waals surface area contributed by atoms with Crippen LogP contribution in [-0.4, -0.2) is 24.9 Å².